The number of nitrogens with zero attached hydrogens (tertiary/aromatic N) is 1. The number of terminal acetylenes is 1. The summed E-state index contributed by atoms with van der Waals surface area (Å²) in [6, 6.07) is 12.4. The molecule has 0 bridgehead atoms. The van der Waals surface area contributed by atoms with Crippen LogP contribution >= 0.6 is 0 Å². The van der Waals surface area contributed by atoms with Crippen LogP contribution in [-0.2, 0) is 6.42 Å². The van der Waals surface area contributed by atoms with Crippen LogP contribution in [0.2, 0.25) is 0 Å². The fourth-order valence-corrected chi connectivity index (χ4v) is 2.88. The highest BCUT2D eigenvalue weighted by molar-refractivity contribution is 5.41. The minimum absolute atomic E-state index is 0.767. The van der Waals surface area contributed by atoms with Crippen LogP contribution in [0.5, 0.6) is 5.75 Å². The van der Waals surface area contributed by atoms with E-state index in [4.69, 9.17) is 4.74 Å². The molecule has 0 unspecified atom stereocenters. The quantitative estimate of drug-likeness (QED) is 0.311. The Bertz CT molecular complexity index is 732. The first kappa shape index (κ1) is 24.3. The SMILES string of the molecule is C#C.CCCCCCCCOc1ccc(C#Cc2ccc(CCCC)cc2)nc1. The molecule has 0 aliphatic heterocycles. The third-order valence-electron chi connectivity index (χ3n) is 4.61. The van der Waals surface area contributed by atoms with Crippen LogP contribution in [0.25, 0.3) is 0 Å². The highest BCUT2D eigenvalue weighted by Crippen LogP contribution is 2.11. The van der Waals surface area contributed by atoms with Crippen LogP contribution < -0.4 is 4.74 Å². The number of hydrogen-bond donors (Lipinski definition) is 0. The third-order valence-corrected chi connectivity index (χ3v) is 4.61. The molecule has 1 aromatic carbocycles. The standard InChI is InChI=1S/C25H33NO.C2H2/c1-3-5-7-8-9-10-20-27-25-19-18-24(26-21-25)17-16-23-14-12-22(13-15-23)11-6-4-2;1-2/h12-15,18-19,21H,3-11,20H2,1-2H3;1-2H. The molecular formula is C27H35NO. The number of aromatic nitrogens is 1. The average Bonchev–Trinajstić information content (AvgIpc) is 2.78. The predicted octanol–water partition coefficient (Wildman–Crippen LogP) is 6.81. The molecule has 0 aliphatic carbocycles. The zero-order valence-corrected chi connectivity index (χ0v) is 18.1. The molecule has 2 heteroatoms. The van der Waals surface area contributed by atoms with Crippen LogP contribution in [0.15, 0.2) is 42.6 Å². The second kappa shape index (κ2) is 16.3. The van der Waals surface area contributed by atoms with Gasteiger partial charge in [0.25, 0.3) is 0 Å². The predicted molar refractivity (Wildman–Crippen MR) is 124 cm³/mol. The van der Waals surface area contributed by atoms with Crippen LogP contribution in [0.4, 0.5) is 0 Å². The largest absolute Gasteiger partial charge is 0.492 e. The van der Waals surface area contributed by atoms with Crippen LogP contribution in [0.1, 0.15) is 82.0 Å². The van der Waals surface area contributed by atoms with Gasteiger partial charge in [-0.1, -0.05) is 70.4 Å². The van der Waals surface area contributed by atoms with E-state index in [0.717, 1.165) is 36.5 Å². The Morgan fingerprint density at radius 1 is 0.793 bits per heavy atom. The second-order valence-corrected chi connectivity index (χ2v) is 7.05. The second-order valence-electron chi connectivity index (χ2n) is 7.05. The van der Waals surface area contributed by atoms with Gasteiger partial charge in [-0.2, -0.15) is 0 Å². The molecule has 2 rings (SSSR count). The van der Waals surface area contributed by atoms with Crippen LogP contribution in [0, 0.1) is 24.7 Å². The molecule has 0 saturated carbocycles. The summed E-state index contributed by atoms with van der Waals surface area (Å²) in [5.74, 6) is 7.15. The lowest BCUT2D eigenvalue weighted by atomic mass is 10.1. The summed E-state index contributed by atoms with van der Waals surface area (Å²) in [6.07, 6.45) is 21.0. The minimum atomic E-state index is 0.767. The Morgan fingerprint density at radius 2 is 1.48 bits per heavy atom. The van der Waals surface area contributed by atoms with E-state index < -0.39 is 0 Å². The lowest BCUT2D eigenvalue weighted by molar-refractivity contribution is 0.303. The summed E-state index contributed by atoms with van der Waals surface area (Å²) in [5.41, 5.74) is 3.19. The molecule has 0 aliphatic rings. The van der Waals surface area contributed by atoms with Crippen molar-refractivity contribution in [3.05, 3.63) is 59.4 Å². The molecule has 0 amide bonds. The maximum Gasteiger partial charge on any atom is 0.137 e. The zero-order chi connectivity index (χ0) is 21.2. The fraction of sp³-hybridized carbons (Fsp3) is 0.444. The number of ether oxygens (including phenoxy) is 1. The van der Waals surface area contributed by atoms with Crippen molar-refractivity contribution in [2.24, 2.45) is 0 Å². The smallest absolute Gasteiger partial charge is 0.137 e. The van der Waals surface area contributed by atoms with E-state index in [9.17, 15) is 0 Å². The van der Waals surface area contributed by atoms with Crippen molar-refractivity contribution in [2.75, 3.05) is 6.61 Å². The van der Waals surface area contributed by atoms with Gasteiger partial charge in [0.15, 0.2) is 0 Å². The summed E-state index contributed by atoms with van der Waals surface area (Å²) < 4.78 is 5.76. The highest BCUT2D eigenvalue weighted by atomic mass is 16.5. The first-order chi connectivity index (χ1) is 14.3. The highest BCUT2D eigenvalue weighted by Gasteiger charge is 1.97. The molecule has 0 radical (unpaired) electrons. The van der Waals surface area contributed by atoms with E-state index in [1.807, 2.05) is 12.1 Å². The Kier molecular flexibility index (Phi) is 13.6. The van der Waals surface area contributed by atoms with Gasteiger partial charge >= 0.3 is 0 Å². The van der Waals surface area contributed by atoms with Gasteiger partial charge in [0.1, 0.15) is 11.4 Å². The molecule has 154 valence electrons. The molecule has 0 fully saturated rings. The Hall–Kier alpha value is -2.71. The first-order valence-corrected chi connectivity index (χ1v) is 10.8. The van der Waals surface area contributed by atoms with Crippen molar-refractivity contribution in [3.8, 4) is 30.4 Å². The molecule has 0 saturated heterocycles. The molecule has 2 nitrogen and oxygen atoms in total. The van der Waals surface area contributed by atoms with Crippen molar-refractivity contribution < 1.29 is 4.74 Å². The molecule has 1 heterocycles. The van der Waals surface area contributed by atoms with E-state index in [1.165, 1.54) is 50.5 Å². The minimum Gasteiger partial charge on any atom is -0.492 e. The normalized spacial score (nSPS) is 9.66. The van der Waals surface area contributed by atoms with E-state index >= 15 is 0 Å². The van der Waals surface area contributed by atoms with E-state index in [2.05, 4.69) is 67.8 Å². The average molecular weight is 390 g/mol. The number of benzene rings is 1. The van der Waals surface area contributed by atoms with Gasteiger partial charge in [-0.3, -0.25) is 0 Å². The van der Waals surface area contributed by atoms with Crippen molar-refractivity contribution in [3.63, 3.8) is 0 Å². The number of unbranched alkanes of at least 4 members (excludes halogenated alkanes) is 6. The van der Waals surface area contributed by atoms with E-state index in [1.54, 1.807) is 6.20 Å². The van der Waals surface area contributed by atoms with E-state index in [-0.39, 0.29) is 0 Å². The van der Waals surface area contributed by atoms with Gasteiger partial charge in [0.05, 0.1) is 12.8 Å². The molecule has 1 aromatic heterocycles. The maximum atomic E-state index is 5.76. The monoisotopic (exact) mass is 389 g/mol. The van der Waals surface area contributed by atoms with Crippen molar-refractivity contribution in [1.82, 2.24) is 4.98 Å². The lowest BCUT2D eigenvalue weighted by Crippen LogP contribution is -1.98. The number of aryl methyl sites for hydroxylation is 1. The summed E-state index contributed by atoms with van der Waals surface area (Å²) in [6.45, 7) is 5.23. The Labute approximate surface area is 178 Å². The van der Waals surface area contributed by atoms with E-state index in [0.29, 0.717) is 0 Å². The van der Waals surface area contributed by atoms with Gasteiger partial charge in [0, 0.05) is 5.56 Å². The summed E-state index contributed by atoms with van der Waals surface area (Å²) in [7, 11) is 0. The van der Waals surface area contributed by atoms with Gasteiger partial charge < -0.3 is 4.74 Å². The number of pyridine rings is 1. The molecule has 29 heavy (non-hydrogen) atoms. The topological polar surface area (TPSA) is 22.1 Å². The van der Waals surface area contributed by atoms with Gasteiger partial charge in [-0.05, 0) is 55.0 Å². The van der Waals surface area contributed by atoms with Crippen molar-refractivity contribution in [2.45, 2.75) is 71.6 Å². The van der Waals surface area contributed by atoms with Crippen molar-refractivity contribution >= 4 is 0 Å². The number of hydrogen-bond acceptors (Lipinski definition) is 2. The summed E-state index contributed by atoms with van der Waals surface area (Å²) in [4.78, 5) is 4.39. The third kappa shape index (κ3) is 11.0. The first-order valence-electron chi connectivity index (χ1n) is 10.8. The lowest BCUT2D eigenvalue weighted by Gasteiger charge is -2.05. The zero-order valence-electron chi connectivity index (χ0n) is 18.1. The molecule has 0 spiro atoms. The summed E-state index contributed by atoms with van der Waals surface area (Å²) >= 11 is 0. The summed E-state index contributed by atoms with van der Waals surface area (Å²) in [5, 5.41) is 0. The number of rotatable bonds is 11. The molecule has 0 atom stereocenters. The van der Waals surface area contributed by atoms with Crippen LogP contribution in [0.3, 0.4) is 0 Å². The van der Waals surface area contributed by atoms with Crippen LogP contribution in [-0.4, -0.2) is 11.6 Å². The Balaban J connectivity index is 0.00000204. The fourth-order valence-electron chi connectivity index (χ4n) is 2.88. The van der Waals surface area contributed by atoms with Gasteiger partial charge in [0.2, 0.25) is 0 Å². The molecule has 0 N–H and O–H groups in total. The molecule has 2 aromatic rings. The maximum absolute atomic E-state index is 5.76. The molecular weight excluding hydrogens is 354 g/mol. The van der Waals surface area contributed by atoms with Gasteiger partial charge in [-0.15, -0.1) is 12.8 Å². The van der Waals surface area contributed by atoms with Gasteiger partial charge in [-0.25, -0.2) is 4.98 Å². The van der Waals surface area contributed by atoms with Crippen molar-refractivity contribution in [1.29, 1.82) is 0 Å². The Morgan fingerprint density at radius 3 is 2.14 bits per heavy atom.